The van der Waals surface area contributed by atoms with Crippen molar-refractivity contribution < 1.29 is 0 Å². The molecule has 0 spiro atoms. The summed E-state index contributed by atoms with van der Waals surface area (Å²) in [5.41, 5.74) is 0. The molecule has 0 saturated carbocycles. The van der Waals surface area contributed by atoms with E-state index >= 15 is 0 Å². The minimum absolute atomic E-state index is 0.644. The molecular formula is C30H60N2. The fourth-order valence-electron chi connectivity index (χ4n) is 5.13. The van der Waals surface area contributed by atoms with Gasteiger partial charge in [0.2, 0.25) is 0 Å². The van der Waals surface area contributed by atoms with Gasteiger partial charge in [0.05, 0.1) is 0 Å². The summed E-state index contributed by atoms with van der Waals surface area (Å²) in [7, 11) is 0. The van der Waals surface area contributed by atoms with Gasteiger partial charge in [0.25, 0.3) is 0 Å². The summed E-state index contributed by atoms with van der Waals surface area (Å²) in [6.07, 6.45) is 36.6. The Morgan fingerprint density at radius 3 is 1.12 bits per heavy atom. The lowest BCUT2D eigenvalue weighted by atomic mass is 10.0. The molecule has 0 fully saturated rings. The monoisotopic (exact) mass is 448 g/mol. The third-order valence-electron chi connectivity index (χ3n) is 7.32. The SMILES string of the molecule is CCCCCCCCCCCCCCC1N(CCCCCC)C=CN1CCCCCCC. The summed E-state index contributed by atoms with van der Waals surface area (Å²) < 4.78 is 0. The van der Waals surface area contributed by atoms with Gasteiger partial charge in [-0.25, -0.2) is 0 Å². The van der Waals surface area contributed by atoms with Gasteiger partial charge >= 0.3 is 0 Å². The van der Waals surface area contributed by atoms with Crippen LogP contribution in [0.3, 0.4) is 0 Å². The van der Waals surface area contributed by atoms with Gasteiger partial charge < -0.3 is 9.80 Å². The van der Waals surface area contributed by atoms with E-state index in [0.29, 0.717) is 6.17 Å². The van der Waals surface area contributed by atoms with Crippen molar-refractivity contribution in [3.63, 3.8) is 0 Å². The van der Waals surface area contributed by atoms with E-state index < -0.39 is 0 Å². The molecule has 2 heteroatoms. The average Bonchev–Trinajstić information content (AvgIpc) is 3.18. The van der Waals surface area contributed by atoms with Crippen LogP contribution in [0.2, 0.25) is 0 Å². The Morgan fingerprint density at radius 1 is 0.406 bits per heavy atom. The summed E-state index contributed by atoms with van der Waals surface area (Å²) in [4.78, 5) is 5.34. The van der Waals surface area contributed by atoms with Crippen molar-refractivity contribution in [2.75, 3.05) is 13.1 Å². The van der Waals surface area contributed by atoms with E-state index in [2.05, 4.69) is 43.0 Å². The maximum absolute atomic E-state index is 2.67. The van der Waals surface area contributed by atoms with Gasteiger partial charge in [-0.1, -0.05) is 136 Å². The Balaban J connectivity index is 2.18. The van der Waals surface area contributed by atoms with Crippen LogP contribution < -0.4 is 0 Å². The highest BCUT2D eigenvalue weighted by Crippen LogP contribution is 2.23. The second kappa shape index (κ2) is 22.1. The van der Waals surface area contributed by atoms with Crippen molar-refractivity contribution in [3.05, 3.63) is 12.4 Å². The summed E-state index contributed by atoms with van der Waals surface area (Å²) in [6.45, 7) is 9.44. The quantitative estimate of drug-likeness (QED) is 0.135. The highest BCUT2D eigenvalue weighted by molar-refractivity contribution is 4.97. The lowest BCUT2D eigenvalue weighted by Crippen LogP contribution is -2.39. The van der Waals surface area contributed by atoms with Crippen LogP contribution >= 0.6 is 0 Å². The summed E-state index contributed by atoms with van der Waals surface area (Å²) in [6, 6.07) is 0. The number of rotatable bonds is 24. The standard InChI is InChI=1S/C30H60N2/c1-4-7-10-13-14-15-16-17-18-19-20-22-25-30-31(26-23-12-9-6-3)28-29-32(30)27-24-21-11-8-5-2/h28-30H,4-27H2,1-3H3. The first kappa shape index (κ1) is 29.4. The second-order valence-electron chi connectivity index (χ2n) is 10.4. The number of nitrogens with zero attached hydrogens (tertiary/aromatic N) is 2. The van der Waals surface area contributed by atoms with Gasteiger partial charge in [0, 0.05) is 25.5 Å². The molecule has 1 heterocycles. The second-order valence-corrected chi connectivity index (χ2v) is 10.4. The van der Waals surface area contributed by atoms with Gasteiger partial charge in [-0.3, -0.25) is 0 Å². The average molecular weight is 449 g/mol. The van der Waals surface area contributed by atoms with Crippen LogP contribution in [0.15, 0.2) is 12.4 Å². The van der Waals surface area contributed by atoms with Crippen LogP contribution in [0, 0.1) is 0 Å². The molecule has 0 bridgehead atoms. The van der Waals surface area contributed by atoms with Crippen molar-refractivity contribution in [1.29, 1.82) is 0 Å². The molecule has 0 amide bonds. The van der Waals surface area contributed by atoms with Crippen molar-refractivity contribution in [2.24, 2.45) is 0 Å². The minimum Gasteiger partial charge on any atom is -0.356 e. The van der Waals surface area contributed by atoms with E-state index in [4.69, 9.17) is 0 Å². The molecule has 1 aliphatic heterocycles. The lowest BCUT2D eigenvalue weighted by molar-refractivity contribution is 0.135. The zero-order valence-corrected chi connectivity index (χ0v) is 22.6. The summed E-state index contributed by atoms with van der Waals surface area (Å²) >= 11 is 0. The van der Waals surface area contributed by atoms with Crippen molar-refractivity contribution in [1.82, 2.24) is 9.80 Å². The molecule has 32 heavy (non-hydrogen) atoms. The Morgan fingerprint density at radius 2 is 0.719 bits per heavy atom. The molecule has 1 aliphatic rings. The van der Waals surface area contributed by atoms with Crippen LogP contribution in [0.1, 0.15) is 162 Å². The Labute approximate surface area is 203 Å². The van der Waals surface area contributed by atoms with Crippen LogP contribution in [0.4, 0.5) is 0 Å². The molecule has 0 saturated heterocycles. The van der Waals surface area contributed by atoms with Crippen molar-refractivity contribution in [3.8, 4) is 0 Å². The maximum Gasteiger partial charge on any atom is 0.101 e. The Bertz CT molecular complexity index is 406. The first-order chi connectivity index (χ1) is 15.8. The molecule has 0 N–H and O–H groups in total. The normalized spacial score (nSPS) is 15.9. The third kappa shape index (κ3) is 15.2. The molecule has 0 aromatic heterocycles. The minimum atomic E-state index is 0.644. The van der Waals surface area contributed by atoms with Gasteiger partial charge in [-0.05, 0) is 25.7 Å². The highest BCUT2D eigenvalue weighted by atomic mass is 15.4. The molecule has 2 nitrogen and oxygen atoms in total. The molecule has 190 valence electrons. The molecule has 0 aliphatic carbocycles. The van der Waals surface area contributed by atoms with Crippen LogP contribution in [0.25, 0.3) is 0 Å². The third-order valence-corrected chi connectivity index (χ3v) is 7.32. The Hall–Kier alpha value is -0.660. The first-order valence-corrected chi connectivity index (χ1v) is 15.0. The van der Waals surface area contributed by atoms with Crippen LogP contribution in [-0.2, 0) is 0 Å². The van der Waals surface area contributed by atoms with Crippen molar-refractivity contribution >= 4 is 0 Å². The predicted molar refractivity (Wildman–Crippen MR) is 145 cm³/mol. The lowest BCUT2D eigenvalue weighted by Gasteiger charge is -2.33. The van der Waals surface area contributed by atoms with Gasteiger partial charge in [0.15, 0.2) is 0 Å². The van der Waals surface area contributed by atoms with E-state index in [-0.39, 0.29) is 0 Å². The predicted octanol–water partition coefficient (Wildman–Crippen LogP) is 10.0. The molecule has 0 radical (unpaired) electrons. The summed E-state index contributed by atoms with van der Waals surface area (Å²) in [5, 5.41) is 0. The van der Waals surface area contributed by atoms with Crippen LogP contribution in [-0.4, -0.2) is 29.1 Å². The van der Waals surface area contributed by atoms with Gasteiger partial charge in [-0.2, -0.15) is 0 Å². The fraction of sp³-hybridized carbons (Fsp3) is 0.933. The van der Waals surface area contributed by atoms with E-state index in [1.165, 1.54) is 154 Å². The summed E-state index contributed by atoms with van der Waals surface area (Å²) in [5.74, 6) is 0. The van der Waals surface area contributed by atoms with Crippen LogP contribution in [0.5, 0.6) is 0 Å². The van der Waals surface area contributed by atoms with E-state index in [1.807, 2.05) is 0 Å². The number of hydrogen-bond donors (Lipinski definition) is 0. The van der Waals surface area contributed by atoms with E-state index in [9.17, 15) is 0 Å². The van der Waals surface area contributed by atoms with E-state index in [1.54, 1.807) is 0 Å². The number of unbranched alkanes of at least 4 members (excludes halogenated alkanes) is 18. The van der Waals surface area contributed by atoms with Crippen molar-refractivity contribution in [2.45, 2.75) is 168 Å². The zero-order chi connectivity index (χ0) is 23.1. The molecule has 1 unspecified atom stereocenters. The largest absolute Gasteiger partial charge is 0.356 e. The zero-order valence-electron chi connectivity index (χ0n) is 22.6. The highest BCUT2D eigenvalue weighted by Gasteiger charge is 2.24. The molecular weight excluding hydrogens is 388 g/mol. The van der Waals surface area contributed by atoms with Gasteiger partial charge in [-0.15, -0.1) is 0 Å². The first-order valence-electron chi connectivity index (χ1n) is 15.0. The van der Waals surface area contributed by atoms with E-state index in [0.717, 1.165) is 0 Å². The molecule has 1 atom stereocenters. The maximum atomic E-state index is 2.67. The molecule has 1 rings (SSSR count). The smallest absolute Gasteiger partial charge is 0.101 e. The Kier molecular flexibility index (Phi) is 20.3. The van der Waals surface area contributed by atoms with Gasteiger partial charge in [0.1, 0.15) is 6.17 Å². The molecule has 0 aromatic carbocycles. The topological polar surface area (TPSA) is 6.48 Å². The fourth-order valence-corrected chi connectivity index (χ4v) is 5.13. The number of hydrogen-bond acceptors (Lipinski definition) is 2. The molecule has 0 aromatic rings.